The number of halogens is 2. The number of aryl methyl sites for hydroxylation is 1. The number of hydrogen-bond acceptors (Lipinski definition) is 9. The highest BCUT2D eigenvalue weighted by Gasteiger charge is 2.16. The first-order chi connectivity index (χ1) is 13.9. The Kier molecular flexibility index (Phi) is 6.64. The fraction of sp³-hybridized carbons (Fsp3) is 0.294. The Bertz CT molecular complexity index is 1010. The Labute approximate surface area is 172 Å². The van der Waals surface area contributed by atoms with Crippen LogP contribution in [0.25, 0.3) is 11.4 Å². The first kappa shape index (κ1) is 21.0. The molecule has 0 aliphatic heterocycles. The number of methoxy groups -OCH3 is 1. The van der Waals surface area contributed by atoms with Crippen molar-refractivity contribution < 1.29 is 27.6 Å². The van der Waals surface area contributed by atoms with Crippen molar-refractivity contribution in [1.82, 2.24) is 15.1 Å². The fourth-order valence-electron chi connectivity index (χ4n) is 2.34. The number of carbonyl (C=O) groups is 1. The number of primary amides is 1. The minimum Gasteiger partial charge on any atom is -0.493 e. The van der Waals surface area contributed by atoms with E-state index in [-0.39, 0.29) is 23.7 Å². The van der Waals surface area contributed by atoms with E-state index in [9.17, 15) is 13.6 Å². The van der Waals surface area contributed by atoms with Gasteiger partial charge in [0.15, 0.2) is 15.8 Å². The lowest BCUT2D eigenvalue weighted by Gasteiger charge is -2.10. The van der Waals surface area contributed by atoms with Gasteiger partial charge in [0.05, 0.1) is 25.0 Å². The second kappa shape index (κ2) is 9.18. The third kappa shape index (κ3) is 5.41. The maximum atomic E-state index is 12.4. The molecule has 3 aromatic rings. The Morgan fingerprint density at radius 1 is 1.34 bits per heavy atom. The van der Waals surface area contributed by atoms with Crippen LogP contribution in [0, 0.1) is 6.92 Å². The van der Waals surface area contributed by atoms with Crippen molar-refractivity contribution in [3.63, 3.8) is 0 Å². The zero-order valence-corrected chi connectivity index (χ0v) is 17.0. The van der Waals surface area contributed by atoms with Crippen LogP contribution in [0.3, 0.4) is 0 Å². The number of aromatic nitrogens is 3. The summed E-state index contributed by atoms with van der Waals surface area (Å²) in [5, 5.41) is 3.90. The molecular formula is C17H16F2N4O4S2. The topological polar surface area (TPSA) is 113 Å². The number of amides is 1. The highest BCUT2D eigenvalue weighted by molar-refractivity contribution is 8.00. The van der Waals surface area contributed by atoms with Crippen molar-refractivity contribution in [1.29, 1.82) is 0 Å². The van der Waals surface area contributed by atoms with E-state index in [2.05, 4.69) is 19.9 Å². The predicted molar refractivity (Wildman–Crippen MR) is 102 cm³/mol. The monoisotopic (exact) mass is 442 g/mol. The van der Waals surface area contributed by atoms with E-state index >= 15 is 0 Å². The zero-order valence-electron chi connectivity index (χ0n) is 15.3. The average Bonchev–Trinajstić information content (AvgIpc) is 3.26. The molecule has 2 aromatic heterocycles. The van der Waals surface area contributed by atoms with Crippen LogP contribution in [0.2, 0.25) is 0 Å². The molecule has 29 heavy (non-hydrogen) atoms. The van der Waals surface area contributed by atoms with Crippen LogP contribution in [0.1, 0.15) is 16.5 Å². The summed E-state index contributed by atoms with van der Waals surface area (Å²) in [4.78, 5) is 20.6. The molecule has 8 nitrogen and oxygen atoms in total. The van der Waals surface area contributed by atoms with E-state index in [0.717, 1.165) is 14.9 Å². The summed E-state index contributed by atoms with van der Waals surface area (Å²) >= 11 is 2.78. The number of hydrogen-bond donors (Lipinski definition) is 1. The normalized spacial score (nSPS) is 11.1. The second-order valence-electron chi connectivity index (χ2n) is 5.68. The molecule has 0 atom stereocenters. The van der Waals surface area contributed by atoms with Gasteiger partial charge in [-0.2, -0.15) is 13.8 Å². The van der Waals surface area contributed by atoms with Crippen LogP contribution in [0.15, 0.2) is 27.1 Å². The van der Waals surface area contributed by atoms with Crippen LogP contribution in [-0.2, 0) is 17.0 Å². The molecule has 0 saturated heterocycles. The number of benzene rings is 1. The minimum atomic E-state index is -2.96. The minimum absolute atomic E-state index is 0.0866. The molecule has 1 amide bonds. The number of carbonyl (C=O) groups excluding carboxylic acids is 1. The first-order valence-corrected chi connectivity index (χ1v) is 9.99. The number of alkyl halides is 2. The number of thiazole rings is 1. The molecule has 2 N–H and O–H groups in total. The summed E-state index contributed by atoms with van der Waals surface area (Å²) in [5.41, 5.74) is 6.52. The van der Waals surface area contributed by atoms with E-state index < -0.39 is 12.5 Å². The molecule has 0 fully saturated rings. The average molecular weight is 442 g/mol. The summed E-state index contributed by atoms with van der Waals surface area (Å²) < 4.78 is 40.3. The van der Waals surface area contributed by atoms with Crippen molar-refractivity contribution >= 4 is 29.0 Å². The van der Waals surface area contributed by atoms with E-state index in [0.29, 0.717) is 17.2 Å². The third-order valence-corrected chi connectivity index (χ3v) is 5.92. The Hall–Kier alpha value is -2.73. The van der Waals surface area contributed by atoms with E-state index in [4.69, 9.17) is 15.0 Å². The zero-order chi connectivity index (χ0) is 21.0. The molecule has 0 unspecified atom stereocenters. The highest BCUT2D eigenvalue weighted by atomic mass is 32.2. The van der Waals surface area contributed by atoms with Gasteiger partial charge in [0.25, 0.3) is 0 Å². The summed E-state index contributed by atoms with van der Waals surface area (Å²) in [6, 6.07) is 4.37. The number of nitrogens with zero attached hydrogens (tertiary/aromatic N) is 3. The molecule has 0 aliphatic carbocycles. The van der Waals surface area contributed by atoms with E-state index in [1.165, 1.54) is 48.4 Å². The quantitative estimate of drug-likeness (QED) is 0.502. The standard InChI is InChI=1S/C17H16F2N4O4S2/c1-8-12(6-13(20)24)29-17(21-8)28-7-14-22-15(23-27-14)9-3-4-10(26-16(18)19)11(5-9)25-2/h3-5,16H,6-7H2,1-2H3,(H2,20,24). The maximum absolute atomic E-state index is 12.4. The molecule has 2 heterocycles. The van der Waals surface area contributed by atoms with Crippen LogP contribution in [0.5, 0.6) is 11.5 Å². The summed E-state index contributed by atoms with van der Waals surface area (Å²) in [5.74, 6) is 0.656. The molecule has 154 valence electrons. The summed E-state index contributed by atoms with van der Waals surface area (Å²) in [6.07, 6.45) is 0.155. The molecule has 1 aromatic carbocycles. The second-order valence-corrected chi connectivity index (χ2v) is 7.98. The van der Waals surface area contributed by atoms with Gasteiger partial charge in [-0.05, 0) is 25.1 Å². The van der Waals surface area contributed by atoms with Gasteiger partial charge in [0.2, 0.25) is 17.6 Å². The smallest absolute Gasteiger partial charge is 0.387 e. The van der Waals surface area contributed by atoms with Crippen molar-refractivity contribution in [3.8, 4) is 22.9 Å². The van der Waals surface area contributed by atoms with Crippen molar-refractivity contribution in [2.24, 2.45) is 5.73 Å². The van der Waals surface area contributed by atoms with E-state index in [1.54, 1.807) is 0 Å². The third-order valence-electron chi connectivity index (χ3n) is 3.63. The lowest BCUT2D eigenvalue weighted by Crippen LogP contribution is -2.13. The number of nitrogens with two attached hydrogens (primary N) is 1. The summed E-state index contributed by atoms with van der Waals surface area (Å²) in [6.45, 7) is -1.14. The first-order valence-electron chi connectivity index (χ1n) is 8.19. The Morgan fingerprint density at radius 2 is 2.14 bits per heavy atom. The summed E-state index contributed by atoms with van der Waals surface area (Å²) in [7, 11) is 1.35. The van der Waals surface area contributed by atoms with Gasteiger partial charge in [-0.1, -0.05) is 16.9 Å². The van der Waals surface area contributed by atoms with Crippen LogP contribution in [-0.4, -0.2) is 34.8 Å². The molecular weight excluding hydrogens is 426 g/mol. The molecule has 12 heteroatoms. The predicted octanol–water partition coefficient (Wildman–Crippen LogP) is 3.43. The number of thioether (sulfide) groups is 1. The van der Waals surface area contributed by atoms with Gasteiger partial charge in [0.1, 0.15) is 0 Å². The molecule has 0 bridgehead atoms. The number of rotatable bonds is 9. The lowest BCUT2D eigenvalue weighted by atomic mass is 10.2. The van der Waals surface area contributed by atoms with E-state index in [1.807, 2.05) is 6.92 Å². The molecule has 0 spiro atoms. The molecule has 0 aliphatic rings. The highest BCUT2D eigenvalue weighted by Crippen LogP contribution is 2.33. The van der Waals surface area contributed by atoms with Crippen LogP contribution < -0.4 is 15.2 Å². The van der Waals surface area contributed by atoms with Crippen molar-refractivity contribution in [2.75, 3.05) is 7.11 Å². The van der Waals surface area contributed by atoms with Gasteiger partial charge in [0, 0.05) is 10.4 Å². The van der Waals surface area contributed by atoms with Crippen LogP contribution >= 0.6 is 23.1 Å². The molecule has 0 saturated carbocycles. The lowest BCUT2D eigenvalue weighted by molar-refractivity contribution is -0.117. The van der Waals surface area contributed by atoms with Gasteiger partial charge in [-0.25, -0.2) is 4.98 Å². The molecule has 3 rings (SSSR count). The van der Waals surface area contributed by atoms with Crippen molar-refractivity contribution in [2.45, 2.75) is 30.0 Å². The Morgan fingerprint density at radius 3 is 2.83 bits per heavy atom. The number of ether oxygens (including phenoxy) is 2. The fourth-order valence-corrected chi connectivity index (χ4v) is 4.42. The van der Waals surface area contributed by atoms with Gasteiger partial charge in [-0.15, -0.1) is 11.3 Å². The SMILES string of the molecule is COc1cc(-c2noc(CSc3nc(C)c(CC(N)=O)s3)n2)ccc1OC(F)F. The van der Waals surface area contributed by atoms with Crippen LogP contribution in [0.4, 0.5) is 8.78 Å². The molecule has 0 radical (unpaired) electrons. The van der Waals surface area contributed by atoms with Gasteiger partial charge in [-0.3, -0.25) is 4.79 Å². The van der Waals surface area contributed by atoms with Crippen molar-refractivity contribution in [3.05, 3.63) is 34.7 Å². The van der Waals surface area contributed by atoms with Gasteiger partial charge >= 0.3 is 6.61 Å². The largest absolute Gasteiger partial charge is 0.493 e. The van der Waals surface area contributed by atoms with Gasteiger partial charge < -0.3 is 19.7 Å². The maximum Gasteiger partial charge on any atom is 0.387 e. The Balaban J connectivity index is 1.69.